The highest BCUT2D eigenvalue weighted by molar-refractivity contribution is 8.18. The second kappa shape index (κ2) is 8.65. The Kier molecular flexibility index (Phi) is 5.97. The number of amides is 3. The second-order valence-corrected chi connectivity index (χ2v) is 8.44. The van der Waals surface area contributed by atoms with Crippen LogP contribution in [0.5, 0.6) is 0 Å². The lowest BCUT2D eigenvalue weighted by atomic mass is 10.1. The summed E-state index contributed by atoms with van der Waals surface area (Å²) in [5, 5.41) is -0.501. The minimum absolute atomic E-state index is 0.0232. The van der Waals surface area contributed by atoms with E-state index in [0.29, 0.717) is 30.2 Å². The highest BCUT2D eigenvalue weighted by Crippen LogP contribution is 2.34. The monoisotopic (exact) mass is 448 g/mol. The molecule has 3 amide bonds. The lowest BCUT2D eigenvalue weighted by Gasteiger charge is -2.27. The Bertz CT molecular complexity index is 1050. The fourth-order valence-electron chi connectivity index (χ4n) is 3.38. The molecule has 3 heterocycles. The standard InChI is InChI=1S/C21H18ClFN2O4S/c22-15-10-13(4-6-16(15)23)17-7-5-14(29-17)11-18-20(27)25(21(28)30-18)12-19(26)24-8-2-1-3-9-24/h4-7,10-11H,1-3,8-9,12H2/b18-11-. The largest absolute Gasteiger partial charge is 0.457 e. The average Bonchev–Trinajstić information content (AvgIpc) is 3.31. The number of imide groups is 1. The summed E-state index contributed by atoms with van der Waals surface area (Å²) in [6.07, 6.45) is 4.43. The van der Waals surface area contributed by atoms with Gasteiger partial charge in [0, 0.05) is 24.7 Å². The van der Waals surface area contributed by atoms with Gasteiger partial charge in [0.05, 0.1) is 9.93 Å². The maximum Gasteiger partial charge on any atom is 0.294 e. The zero-order chi connectivity index (χ0) is 21.3. The van der Waals surface area contributed by atoms with Crippen molar-refractivity contribution >= 4 is 46.5 Å². The summed E-state index contributed by atoms with van der Waals surface area (Å²) in [6.45, 7) is 1.07. The number of benzene rings is 1. The topological polar surface area (TPSA) is 70.8 Å². The van der Waals surface area contributed by atoms with E-state index in [4.69, 9.17) is 16.0 Å². The summed E-state index contributed by atoms with van der Waals surface area (Å²) >= 11 is 6.58. The predicted molar refractivity (Wildman–Crippen MR) is 112 cm³/mol. The molecular formula is C21H18ClFN2O4S. The van der Waals surface area contributed by atoms with Crippen LogP contribution < -0.4 is 0 Å². The molecule has 2 aliphatic rings. The Labute approximate surface area is 181 Å². The van der Waals surface area contributed by atoms with E-state index < -0.39 is 17.0 Å². The van der Waals surface area contributed by atoms with Crippen LogP contribution in [-0.2, 0) is 9.59 Å². The lowest BCUT2D eigenvalue weighted by molar-refractivity contribution is -0.136. The number of rotatable bonds is 4. The lowest BCUT2D eigenvalue weighted by Crippen LogP contribution is -2.44. The molecule has 6 nitrogen and oxygen atoms in total. The van der Waals surface area contributed by atoms with Gasteiger partial charge in [-0.2, -0.15) is 0 Å². The molecule has 4 rings (SSSR count). The summed E-state index contributed by atoms with van der Waals surface area (Å²) in [6, 6.07) is 7.52. The summed E-state index contributed by atoms with van der Waals surface area (Å²) in [4.78, 5) is 40.2. The number of nitrogens with zero attached hydrogens (tertiary/aromatic N) is 2. The molecule has 0 aliphatic carbocycles. The first kappa shape index (κ1) is 20.7. The number of hydrogen-bond acceptors (Lipinski definition) is 5. The van der Waals surface area contributed by atoms with Crippen LogP contribution in [0.1, 0.15) is 25.0 Å². The zero-order valence-corrected chi connectivity index (χ0v) is 17.5. The van der Waals surface area contributed by atoms with Gasteiger partial charge >= 0.3 is 0 Å². The maximum atomic E-state index is 13.3. The molecular weight excluding hydrogens is 431 g/mol. The molecule has 1 aromatic heterocycles. The molecule has 0 bridgehead atoms. The van der Waals surface area contributed by atoms with Gasteiger partial charge in [-0.1, -0.05) is 11.6 Å². The first-order chi connectivity index (χ1) is 14.4. The number of carbonyl (C=O) groups excluding carboxylic acids is 3. The molecule has 2 fully saturated rings. The minimum atomic E-state index is -0.528. The molecule has 0 atom stereocenters. The number of furan rings is 1. The van der Waals surface area contributed by atoms with Crippen molar-refractivity contribution in [1.29, 1.82) is 0 Å². The molecule has 0 N–H and O–H groups in total. The summed E-state index contributed by atoms with van der Waals surface area (Å²) < 4.78 is 19.0. The predicted octanol–water partition coefficient (Wildman–Crippen LogP) is 4.79. The third-order valence-electron chi connectivity index (χ3n) is 4.98. The van der Waals surface area contributed by atoms with E-state index >= 15 is 0 Å². The molecule has 0 spiro atoms. The molecule has 0 unspecified atom stereocenters. The molecule has 2 aromatic rings. The van der Waals surface area contributed by atoms with Crippen molar-refractivity contribution in [2.45, 2.75) is 19.3 Å². The molecule has 0 radical (unpaired) electrons. The smallest absolute Gasteiger partial charge is 0.294 e. The van der Waals surface area contributed by atoms with Gasteiger partial charge in [0.1, 0.15) is 23.9 Å². The van der Waals surface area contributed by atoms with Gasteiger partial charge in [-0.15, -0.1) is 0 Å². The number of piperidine rings is 1. The maximum absolute atomic E-state index is 13.3. The highest BCUT2D eigenvalue weighted by Gasteiger charge is 2.37. The van der Waals surface area contributed by atoms with Crippen LogP contribution in [0.15, 0.2) is 39.7 Å². The van der Waals surface area contributed by atoms with Crippen molar-refractivity contribution in [2.75, 3.05) is 19.6 Å². The van der Waals surface area contributed by atoms with Gasteiger partial charge in [-0.05, 0) is 61.4 Å². The Morgan fingerprint density at radius 3 is 2.67 bits per heavy atom. The SMILES string of the molecule is O=C(CN1C(=O)S/C(=C\c2ccc(-c3ccc(F)c(Cl)c3)o2)C1=O)N1CCCCC1. The molecule has 2 saturated heterocycles. The van der Waals surface area contributed by atoms with Gasteiger partial charge in [-0.3, -0.25) is 19.3 Å². The first-order valence-electron chi connectivity index (χ1n) is 9.51. The van der Waals surface area contributed by atoms with Crippen LogP contribution in [0.4, 0.5) is 9.18 Å². The molecule has 0 saturated carbocycles. The van der Waals surface area contributed by atoms with Gasteiger partial charge in [0.25, 0.3) is 11.1 Å². The van der Waals surface area contributed by atoms with Gasteiger partial charge in [0.15, 0.2) is 0 Å². The van der Waals surface area contributed by atoms with E-state index in [1.54, 1.807) is 17.0 Å². The molecule has 9 heteroatoms. The van der Waals surface area contributed by atoms with Crippen molar-refractivity contribution in [1.82, 2.24) is 9.80 Å². The zero-order valence-electron chi connectivity index (χ0n) is 15.9. The average molecular weight is 449 g/mol. The van der Waals surface area contributed by atoms with E-state index in [-0.39, 0.29) is 22.4 Å². The van der Waals surface area contributed by atoms with Gasteiger partial charge in [-0.25, -0.2) is 4.39 Å². The molecule has 2 aliphatic heterocycles. The van der Waals surface area contributed by atoms with Crippen LogP contribution in [0.3, 0.4) is 0 Å². The Morgan fingerprint density at radius 2 is 1.93 bits per heavy atom. The summed E-state index contributed by atoms with van der Waals surface area (Å²) in [5.74, 6) is -0.453. The van der Waals surface area contributed by atoms with Crippen molar-refractivity contribution in [3.05, 3.63) is 51.8 Å². The van der Waals surface area contributed by atoms with Crippen molar-refractivity contribution < 1.29 is 23.2 Å². The summed E-state index contributed by atoms with van der Waals surface area (Å²) in [5.41, 5.74) is 0.585. The Morgan fingerprint density at radius 1 is 1.17 bits per heavy atom. The number of hydrogen-bond donors (Lipinski definition) is 0. The number of thioether (sulfide) groups is 1. The van der Waals surface area contributed by atoms with Crippen molar-refractivity contribution in [2.24, 2.45) is 0 Å². The number of carbonyl (C=O) groups is 3. The fourth-order valence-corrected chi connectivity index (χ4v) is 4.38. The van der Waals surface area contributed by atoms with E-state index in [9.17, 15) is 18.8 Å². The normalized spacial score (nSPS) is 18.5. The van der Waals surface area contributed by atoms with Gasteiger partial charge in [0.2, 0.25) is 5.91 Å². The Balaban J connectivity index is 1.47. The van der Waals surface area contributed by atoms with Crippen LogP contribution in [0.25, 0.3) is 17.4 Å². The van der Waals surface area contributed by atoms with E-state index in [0.717, 1.165) is 35.9 Å². The van der Waals surface area contributed by atoms with E-state index in [1.165, 1.54) is 24.3 Å². The van der Waals surface area contributed by atoms with Crippen LogP contribution >= 0.6 is 23.4 Å². The van der Waals surface area contributed by atoms with Crippen LogP contribution in [-0.4, -0.2) is 46.5 Å². The fraction of sp³-hybridized carbons (Fsp3) is 0.286. The van der Waals surface area contributed by atoms with Gasteiger partial charge < -0.3 is 9.32 Å². The third kappa shape index (κ3) is 4.29. The number of halogens is 2. The number of likely N-dealkylation sites (tertiary alicyclic amines) is 1. The quantitative estimate of drug-likeness (QED) is 0.629. The van der Waals surface area contributed by atoms with Crippen LogP contribution in [0.2, 0.25) is 5.02 Å². The van der Waals surface area contributed by atoms with E-state index in [1.807, 2.05) is 0 Å². The first-order valence-corrected chi connectivity index (χ1v) is 10.7. The molecule has 156 valence electrons. The van der Waals surface area contributed by atoms with Crippen LogP contribution in [0, 0.1) is 5.82 Å². The highest BCUT2D eigenvalue weighted by atomic mass is 35.5. The molecule has 1 aromatic carbocycles. The third-order valence-corrected chi connectivity index (χ3v) is 6.18. The van der Waals surface area contributed by atoms with E-state index in [2.05, 4.69) is 0 Å². The Hall–Kier alpha value is -2.58. The molecule has 30 heavy (non-hydrogen) atoms. The minimum Gasteiger partial charge on any atom is -0.457 e. The van der Waals surface area contributed by atoms with Crippen molar-refractivity contribution in [3.8, 4) is 11.3 Å². The second-order valence-electron chi connectivity index (χ2n) is 7.04. The van der Waals surface area contributed by atoms with Crippen molar-refractivity contribution in [3.63, 3.8) is 0 Å². The summed E-state index contributed by atoms with van der Waals surface area (Å²) in [7, 11) is 0.